The lowest BCUT2D eigenvalue weighted by Gasteiger charge is -1.92. The highest BCUT2D eigenvalue weighted by atomic mass is 15.0. The first-order valence-corrected chi connectivity index (χ1v) is 14.7. The highest BCUT2D eigenvalue weighted by Crippen LogP contribution is 2.11. The predicted molar refractivity (Wildman–Crippen MR) is 184 cm³/mol. The Bertz CT molecular complexity index is 564. The highest BCUT2D eigenvalue weighted by molar-refractivity contribution is 5.81. The third kappa shape index (κ3) is 69.9. The average molecular weight is 532 g/mol. The molecule has 0 aliphatic rings. The van der Waals surface area contributed by atoms with E-state index in [9.17, 15) is 0 Å². The number of hydrogen-bond donors (Lipinski definition) is 1. The summed E-state index contributed by atoms with van der Waals surface area (Å²) in [5.74, 6) is 0. The fourth-order valence-electron chi connectivity index (χ4n) is 1.52. The van der Waals surface area contributed by atoms with E-state index in [4.69, 9.17) is 0 Å². The summed E-state index contributed by atoms with van der Waals surface area (Å²) in [6.07, 6.45) is 3.75. The van der Waals surface area contributed by atoms with Gasteiger partial charge in [0.15, 0.2) is 0 Å². The van der Waals surface area contributed by atoms with E-state index < -0.39 is 0 Å². The molecule has 3 nitrogen and oxygen atoms in total. The van der Waals surface area contributed by atoms with E-state index >= 15 is 0 Å². The van der Waals surface area contributed by atoms with Gasteiger partial charge in [0, 0.05) is 14.1 Å². The van der Waals surface area contributed by atoms with Crippen LogP contribution in [0.1, 0.15) is 102 Å². The molecule has 0 saturated carbocycles. The third-order valence-corrected chi connectivity index (χ3v) is 2.53. The lowest BCUT2D eigenvalue weighted by atomic mass is 10.1. The molecule has 3 rings (SSSR count). The first kappa shape index (κ1) is 52.0. The zero-order valence-corrected chi connectivity index (χ0v) is 28.6. The Hall–Kier alpha value is -2.52. The van der Waals surface area contributed by atoms with Gasteiger partial charge in [0.2, 0.25) is 0 Å². The van der Waals surface area contributed by atoms with Crippen LogP contribution in [0.3, 0.4) is 0 Å². The van der Waals surface area contributed by atoms with Crippen LogP contribution in [0.2, 0.25) is 0 Å². The lowest BCUT2D eigenvalue weighted by molar-refractivity contribution is 1.02. The van der Waals surface area contributed by atoms with Crippen molar-refractivity contribution >= 4 is 10.8 Å². The van der Waals surface area contributed by atoms with Crippen molar-refractivity contribution in [1.29, 1.82) is 0 Å². The van der Waals surface area contributed by atoms with Gasteiger partial charge in [-0.25, -0.2) is 0 Å². The molecule has 0 atom stereocenters. The minimum Gasteiger partial charge on any atom is -0.323 e. The monoisotopic (exact) mass is 532 g/mol. The van der Waals surface area contributed by atoms with Crippen molar-refractivity contribution in [2.75, 3.05) is 28.2 Å². The molecule has 0 aliphatic carbocycles. The molecule has 1 N–H and O–H groups in total. The van der Waals surface area contributed by atoms with Crippen molar-refractivity contribution in [2.45, 2.75) is 102 Å². The summed E-state index contributed by atoms with van der Waals surface area (Å²) in [7, 11) is 7.03. The molecule has 0 heterocycles. The summed E-state index contributed by atoms with van der Waals surface area (Å²) in [4.78, 5) is 0. The molecule has 3 heteroatoms. The van der Waals surface area contributed by atoms with Crippen molar-refractivity contribution in [2.24, 2.45) is 10.2 Å². The number of nitrogens with zero attached hydrogens (tertiary/aromatic N) is 2. The van der Waals surface area contributed by atoms with Crippen LogP contribution in [0.5, 0.6) is 0 Å². The molecule has 0 bridgehead atoms. The van der Waals surface area contributed by atoms with E-state index in [1.165, 1.54) is 30.0 Å². The van der Waals surface area contributed by atoms with Crippen LogP contribution in [0.4, 0.5) is 0 Å². The van der Waals surface area contributed by atoms with E-state index in [0.29, 0.717) is 0 Å². The Kier molecular flexibility index (Phi) is 95.9. The predicted octanol–water partition coefficient (Wildman–Crippen LogP) is 12.4. The summed E-state index contributed by atoms with van der Waals surface area (Å²) in [6.45, 7) is 24.8. The molecule has 38 heavy (non-hydrogen) atoms. The minimum atomic E-state index is 1.25. The van der Waals surface area contributed by atoms with Crippen molar-refractivity contribution in [1.82, 2.24) is 5.32 Å². The molecule has 0 unspecified atom stereocenters. The van der Waals surface area contributed by atoms with E-state index in [2.05, 4.69) is 106 Å². The SMILES string of the molecule is CC.CC.CC.CCC.CCC.CCC.CN=NC.CNC.c1ccc2ccccc2c1.c1ccccc1. The Morgan fingerprint density at radius 3 is 0.658 bits per heavy atom. The number of benzene rings is 3. The molecule has 0 radical (unpaired) electrons. The second-order valence-corrected chi connectivity index (χ2v) is 6.52. The fraction of sp³-hybridized carbons (Fsp3) is 0.543. The van der Waals surface area contributed by atoms with E-state index in [1.54, 1.807) is 14.1 Å². The van der Waals surface area contributed by atoms with Gasteiger partial charge in [-0.1, -0.05) is 187 Å². The highest BCUT2D eigenvalue weighted by Gasteiger charge is 1.85. The van der Waals surface area contributed by atoms with Gasteiger partial charge < -0.3 is 5.32 Å². The maximum atomic E-state index is 3.36. The van der Waals surface area contributed by atoms with Crippen LogP contribution < -0.4 is 5.32 Å². The van der Waals surface area contributed by atoms with E-state index in [-0.39, 0.29) is 0 Å². The molecule has 224 valence electrons. The summed E-state index contributed by atoms with van der Waals surface area (Å²) in [5, 5.41) is 12.1. The second kappa shape index (κ2) is 70.1. The van der Waals surface area contributed by atoms with Crippen molar-refractivity contribution < 1.29 is 0 Å². The standard InChI is InChI=1S/C10H8.C6H6.3C3H8.C2H6N2.C2H7N.3C2H6/c1-2-6-10-8-4-3-7-9(10)5-1;1-2-4-6-5-3-1;3*1-3-2;1-3-4-2;1-3-2;3*1-2/h1-8H;1-6H;3*3H2,1-2H3;1-2H3;3H,1-2H3;3*1-2H3. The first-order chi connectivity index (χ1) is 18.5. The maximum Gasteiger partial charge on any atom is 0.0487 e. The van der Waals surface area contributed by atoms with Gasteiger partial charge in [-0.05, 0) is 24.9 Å². The molecule has 3 aromatic rings. The summed E-state index contributed by atoms with van der Waals surface area (Å²) < 4.78 is 0. The third-order valence-electron chi connectivity index (χ3n) is 2.53. The topological polar surface area (TPSA) is 36.8 Å². The molecular formula is C35H69N3. The van der Waals surface area contributed by atoms with Gasteiger partial charge in [-0.15, -0.1) is 0 Å². The summed E-state index contributed by atoms with van der Waals surface area (Å²) in [6, 6.07) is 28.7. The van der Waals surface area contributed by atoms with Crippen LogP contribution in [0, 0.1) is 0 Å². The number of rotatable bonds is 0. The molecule has 0 amide bonds. The van der Waals surface area contributed by atoms with Gasteiger partial charge in [-0.3, -0.25) is 0 Å². The van der Waals surface area contributed by atoms with Gasteiger partial charge in [0.25, 0.3) is 0 Å². The second-order valence-electron chi connectivity index (χ2n) is 6.52. The minimum absolute atomic E-state index is 1.25. The first-order valence-electron chi connectivity index (χ1n) is 14.7. The Morgan fingerprint density at radius 2 is 0.553 bits per heavy atom. The van der Waals surface area contributed by atoms with E-state index in [0.717, 1.165) is 0 Å². The van der Waals surface area contributed by atoms with Crippen molar-refractivity contribution in [3.8, 4) is 0 Å². The quantitative estimate of drug-likeness (QED) is 0.288. The molecule has 0 aromatic heterocycles. The molecule has 3 aromatic carbocycles. The Balaban J connectivity index is -0.0000000608. The van der Waals surface area contributed by atoms with Crippen LogP contribution in [0.15, 0.2) is 95.2 Å². The molecule has 0 fully saturated rings. The molecule has 0 aliphatic heterocycles. The number of azo groups is 1. The molecule has 0 saturated heterocycles. The molecule has 0 spiro atoms. The smallest absolute Gasteiger partial charge is 0.0487 e. The Morgan fingerprint density at radius 1 is 0.421 bits per heavy atom. The average Bonchev–Trinajstić information content (AvgIpc) is 2.99. The van der Waals surface area contributed by atoms with Gasteiger partial charge >= 0.3 is 0 Å². The maximum absolute atomic E-state index is 3.36. The van der Waals surface area contributed by atoms with Crippen molar-refractivity contribution in [3.05, 3.63) is 84.9 Å². The number of nitrogens with one attached hydrogen (secondary N) is 1. The van der Waals surface area contributed by atoms with Crippen LogP contribution in [-0.4, -0.2) is 28.2 Å². The molecular weight excluding hydrogens is 462 g/mol. The lowest BCUT2D eigenvalue weighted by Crippen LogP contribution is -1.89. The van der Waals surface area contributed by atoms with Crippen LogP contribution >= 0.6 is 0 Å². The number of fused-ring (bicyclic) bond motifs is 1. The van der Waals surface area contributed by atoms with Gasteiger partial charge in [-0.2, -0.15) is 10.2 Å². The normalized spacial score (nSPS) is 7.26. The fourth-order valence-corrected chi connectivity index (χ4v) is 1.52. The Labute approximate surface area is 241 Å². The zero-order valence-electron chi connectivity index (χ0n) is 28.6. The summed E-state index contributed by atoms with van der Waals surface area (Å²) >= 11 is 0. The van der Waals surface area contributed by atoms with Crippen LogP contribution in [0.25, 0.3) is 10.8 Å². The van der Waals surface area contributed by atoms with Crippen molar-refractivity contribution in [3.63, 3.8) is 0 Å². The summed E-state index contributed by atoms with van der Waals surface area (Å²) in [5.41, 5.74) is 0. The van der Waals surface area contributed by atoms with Gasteiger partial charge in [0.1, 0.15) is 0 Å². The van der Waals surface area contributed by atoms with Crippen LogP contribution in [-0.2, 0) is 0 Å². The number of hydrogen-bond acceptors (Lipinski definition) is 3. The van der Waals surface area contributed by atoms with Gasteiger partial charge in [0.05, 0.1) is 0 Å². The zero-order chi connectivity index (χ0) is 31.3. The van der Waals surface area contributed by atoms with E-state index in [1.807, 2.05) is 92.0 Å². The largest absolute Gasteiger partial charge is 0.323 e.